The van der Waals surface area contributed by atoms with Gasteiger partial charge in [0.1, 0.15) is 11.5 Å². The summed E-state index contributed by atoms with van der Waals surface area (Å²) in [7, 11) is 0. The lowest BCUT2D eigenvalue weighted by Crippen LogP contribution is -2.00. The molecule has 16 heavy (non-hydrogen) atoms. The molecule has 0 aromatic carbocycles. The molecular weight excluding hydrogens is 268 g/mol. The van der Waals surface area contributed by atoms with Crippen LogP contribution in [0.15, 0.2) is 29.0 Å². The minimum Gasteiger partial charge on any atom is -0.383 e. The smallest absolute Gasteiger partial charge is 0.180 e. The van der Waals surface area contributed by atoms with Crippen LogP contribution >= 0.6 is 15.9 Å². The predicted molar refractivity (Wildman–Crippen MR) is 66.8 cm³/mol. The van der Waals surface area contributed by atoms with Crippen LogP contribution < -0.4 is 5.73 Å². The number of pyridine rings is 1. The van der Waals surface area contributed by atoms with Crippen LogP contribution in [-0.2, 0) is 6.42 Å². The van der Waals surface area contributed by atoms with Gasteiger partial charge in [-0.05, 0) is 34.0 Å². The van der Waals surface area contributed by atoms with E-state index in [9.17, 15) is 0 Å². The first kappa shape index (κ1) is 11.0. The van der Waals surface area contributed by atoms with Gasteiger partial charge in [-0.25, -0.2) is 9.97 Å². The maximum Gasteiger partial charge on any atom is 0.180 e. The van der Waals surface area contributed by atoms with Gasteiger partial charge in [-0.3, -0.25) is 4.98 Å². The summed E-state index contributed by atoms with van der Waals surface area (Å²) in [6.45, 7) is 2.07. The Morgan fingerprint density at radius 1 is 1.38 bits per heavy atom. The molecule has 4 nitrogen and oxygen atoms in total. The van der Waals surface area contributed by atoms with Crippen molar-refractivity contribution >= 4 is 21.7 Å². The van der Waals surface area contributed by atoms with Crippen LogP contribution in [0.25, 0.3) is 11.5 Å². The number of aryl methyl sites for hydroxylation is 1. The van der Waals surface area contributed by atoms with Crippen molar-refractivity contribution in [3.63, 3.8) is 0 Å². The summed E-state index contributed by atoms with van der Waals surface area (Å²) in [5, 5.41) is 0. The summed E-state index contributed by atoms with van der Waals surface area (Å²) in [5.41, 5.74) is 7.63. The Morgan fingerprint density at radius 3 is 2.88 bits per heavy atom. The molecule has 0 fully saturated rings. The number of nitrogen functional groups attached to an aromatic ring is 1. The molecule has 0 spiro atoms. The highest BCUT2D eigenvalue weighted by Crippen LogP contribution is 2.22. The normalized spacial score (nSPS) is 10.4. The minimum atomic E-state index is 0.428. The zero-order valence-corrected chi connectivity index (χ0v) is 10.4. The summed E-state index contributed by atoms with van der Waals surface area (Å²) < 4.78 is 0.699. The lowest BCUT2D eigenvalue weighted by molar-refractivity contribution is 1.07. The molecule has 0 aliphatic heterocycles. The van der Waals surface area contributed by atoms with Crippen molar-refractivity contribution in [1.29, 1.82) is 0 Å². The topological polar surface area (TPSA) is 64.7 Å². The molecule has 0 aliphatic carbocycles. The third-order valence-electron chi connectivity index (χ3n) is 2.26. The van der Waals surface area contributed by atoms with Crippen molar-refractivity contribution in [2.24, 2.45) is 0 Å². The second kappa shape index (κ2) is 4.57. The number of aromatic nitrogens is 3. The van der Waals surface area contributed by atoms with Crippen molar-refractivity contribution in [3.05, 3.63) is 34.6 Å². The highest BCUT2D eigenvalue weighted by molar-refractivity contribution is 9.10. The molecule has 0 bridgehead atoms. The zero-order valence-electron chi connectivity index (χ0n) is 8.81. The number of nitrogens with zero attached hydrogens (tertiary/aromatic N) is 3. The van der Waals surface area contributed by atoms with E-state index in [1.807, 2.05) is 12.1 Å². The molecule has 0 atom stereocenters. The molecular formula is C11H11BrN4. The number of halogens is 1. The monoisotopic (exact) mass is 278 g/mol. The quantitative estimate of drug-likeness (QED) is 0.917. The Kier molecular flexibility index (Phi) is 3.14. The van der Waals surface area contributed by atoms with Crippen molar-refractivity contribution in [3.8, 4) is 11.5 Å². The van der Waals surface area contributed by atoms with Crippen LogP contribution in [0, 0.1) is 0 Å². The molecule has 2 N–H and O–H groups in total. The summed E-state index contributed by atoms with van der Waals surface area (Å²) in [6, 6.07) is 3.93. The highest BCUT2D eigenvalue weighted by Gasteiger charge is 2.09. The lowest BCUT2D eigenvalue weighted by Gasteiger charge is -2.05. The van der Waals surface area contributed by atoms with Gasteiger partial charge in [0.05, 0.1) is 4.47 Å². The fraction of sp³-hybridized carbons (Fsp3) is 0.182. The van der Waals surface area contributed by atoms with E-state index in [0.29, 0.717) is 16.1 Å². The second-order valence-electron chi connectivity index (χ2n) is 3.29. The van der Waals surface area contributed by atoms with Gasteiger partial charge >= 0.3 is 0 Å². The molecule has 0 unspecified atom stereocenters. The standard InChI is InChI=1S/C11H11BrN4/c1-2-7-4-3-5-14-9(7)11-15-6-8(12)10(13)16-11/h3-6H,2H2,1H3,(H2,13,15,16). The van der Waals surface area contributed by atoms with Gasteiger partial charge in [-0.2, -0.15) is 0 Å². The van der Waals surface area contributed by atoms with E-state index < -0.39 is 0 Å². The predicted octanol–water partition coefficient (Wildman–Crippen LogP) is 2.45. The number of hydrogen-bond donors (Lipinski definition) is 1. The zero-order chi connectivity index (χ0) is 11.5. The average Bonchev–Trinajstić information content (AvgIpc) is 2.32. The largest absolute Gasteiger partial charge is 0.383 e. The van der Waals surface area contributed by atoms with Crippen LogP contribution in [-0.4, -0.2) is 15.0 Å². The molecule has 0 radical (unpaired) electrons. The molecule has 82 valence electrons. The van der Waals surface area contributed by atoms with E-state index in [4.69, 9.17) is 5.73 Å². The number of hydrogen-bond acceptors (Lipinski definition) is 4. The molecule has 2 aromatic heterocycles. The van der Waals surface area contributed by atoms with Crippen LogP contribution in [0.4, 0.5) is 5.82 Å². The fourth-order valence-electron chi connectivity index (χ4n) is 1.42. The van der Waals surface area contributed by atoms with Crippen molar-refractivity contribution in [1.82, 2.24) is 15.0 Å². The molecule has 0 saturated carbocycles. The van der Waals surface area contributed by atoms with Gasteiger partial charge in [-0.15, -0.1) is 0 Å². The van der Waals surface area contributed by atoms with Gasteiger partial charge < -0.3 is 5.73 Å². The van der Waals surface area contributed by atoms with E-state index in [1.54, 1.807) is 12.4 Å². The van der Waals surface area contributed by atoms with Crippen LogP contribution in [0.5, 0.6) is 0 Å². The molecule has 0 amide bonds. The first-order chi connectivity index (χ1) is 7.72. The Labute approximate surface area is 102 Å². The summed E-state index contributed by atoms with van der Waals surface area (Å²) >= 11 is 3.27. The first-order valence-corrected chi connectivity index (χ1v) is 5.74. The van der Waals surface area contributed by atoms with Gasteiger partial charge in [0.2, 0.25) is 0 Å². The summed E-state index contributed by atoms with van der Waals surface area (Å²) in [4.78, 5) is 12.7. The van der Waals surface area contributed by atoms with E-state index in [-0.39, 0.29) is 0 Å². The van der Waals surface area contributed by atoms with Gasteiger partial charge in [0.15, 0.2) is 5.82 Å². The number of anilines is 1. The molecule has 5 heteroatoms. The van der Waals surface area contributed by atoms with Crippen molar-refractivity contribution < 1.29 is 0 Å². The van der Waals surface area contributed by atoms with E-state index >= 15 is 0 Å². The van der Waals surface area contributed by atoms with Crippen LogP contribution in [0.1, 0.15) is 12.5 Å². The van der Waals surface area contributed by atoms with E-state index in [0.717, 1.165) is 17.7 Å². The summed E-state index contributed by atoms with van der Waals surface area (Å²) in [6.07, 6.45) is 4.27. The third kappa shape index (κ3) is 2.04. The van der Waals surface area contributed by atoms with Gasteiger partial charge in [0, 0.05) is 12.4 Å². The number of nitrogens with two attached hydrogens (primary N) is 1. The minimum absolute atomic E-state index is 0.428. The van der Waals surface area contributed by atoms with E-state index in [2.05, 4.69) is 37.8 Å². The van der Waals surface area contributed by atoms with Crippen molar-refractivity contribution in [2.75, 3.05) is 5.73 Å². The fourth-order valence-corrected chi connectivity index (χ4v) is 1.61. The Morgan fingerprint density at radius 2 is 2.19 bits per heavy atom. The second-order valence-corrected chi connectivity index (χ2v) is 4.15. The van der Waals surface area contributed by atoms with Crippen LogP contribution in [0.3, 0.4) is 0 Å². The molecule has 2 aromatic rings. The maximum absolute atomic E-state index is 5.72. The van der Waals surface area contributed by atoms with Crippen molar-refractivity contribution in [2.45, 2.75) is 13.3 Å². The molecule has 0 saturated heterocycles. The third-order valence-corrected chi connectivity index (χ3v) is 2.87. The molecule has 2 heterocycles. The SMILES string of the molecule is CCc1cccnc1-c1ncc(Br)c(N)n1. The first-order valence-electron chi connectivity index (χ1n) is 4.94. The molecule has 2 rings (SSSR count). The van der Waals surface area contributed by atoms with E-state index in [1.165, 1.54) is 0 Å². The Bertz CT molecular complexity index is 513. The van der Waals surface area contributed by atoms with Crippen LogP contribution in [0.2, 0.25) is 0 Å². The average molecular weight is 279 g/mol. The van der Waals surface area contributed by atoms with Gasteiger partial charge in [-0.1, -0.05) is 13.0 Å². The Balaban J connectivity index is 2.54. The summed E-state index contributed by atoms with van der Waals surface area (Å²) in [5.74, 6) is 0.996. The number of rotatable bonds is 2. The molecule has 0 aliphatic rings. The maximum atomic E-state index is 5.72. The Hall–Kier alpha value is -1.49. The highest BCUT2D eigenvalue weighted by atomic mass is 79.9. The van der Waals surface area contributed by atoms with Gasteiger partial charge in [0.25, 0.3) is 0 Å². The lowest BCUT2D eigenvalue weighted by atomic mass is 10.1.